The minimum absolute atomic E-state index is 0.0571. The molecule has 6 nitrogen and oxygen atoms in total. The van der Waals surface area contributed by atoms with Crippen LogP contribution in [0.25, 0.3) is 0 Å². The maximum absolute atomic E-state index is 12.4. The summed E-state index contributed by atoms with van der Waals surface area (Å²) < 4.78 is 0. The third-order valence-electron chi connectivity index (χ3n) is 3.75. The molecule has 1 saturated heterocycles. The number of hydrogen-bond donors (Lipinski definition) is 3. The van der Waals surface area contributed by atoms with Gasteiger partial charge in [-0.2, -0.15) is 0 Å². The number of aliphatic hydroxyl groups is 1. The number of carbonyl (C=O) groups is 2. The number of anilines is 1. The van der Waals surface area contributed by atoms with Crippen molar-refractivity contribution in [3.8, 4) is 0 Å². The van der Waals surface area contributed by atoms with Gasteiger partial charge in [-0.15, -0.1) is 0 Å². The Balaban J connectivity index is 2.04. The summed E-state index contributed by atoms with van der Waals surface area (Å²) in [5, 5.41) is 12.5. The smallest absolute Gasteiger partial charge is 0.316 e. The lowest BCUT2D eigenvalue weighted by Gasteiger charge is -2.22. The molecule has 0 aliphatic carbocycles. The Labute approximate surface area is 123 Å². The Morgan fingerprint density at radius 3 is 2.52 bits per heavy atom. The van der Waals surface area contributed by atoms with Crippen LogP contribution in [0.1, 0.15) is 36.5 Å². The zero-order chi connectivity index (χ0) is 15.5. The molecule has 1 aliphatic heterocycles. The molecule has 3 amide bonds. The summed E-state index contributed by atoms with van der Waals surface area (Å²) in [6, 6.07) is 5.98. The van der Waals surface area contributed by atoms with Crippen LogP contribution in [0.5, 0.6) is 0 Å². The van der Waals surface area contributed by atoms with Crippen LogP contribution < -0.4 is 11.1 Å². The number of rotatable bonds is 2. The van der Waals surface area contributed by atoms with E-state index in [0.29, 0.717) is 37.2 Å². The van der Waals surface area contributed by atoms with Gasteiger partial charge in [-0.05, 0) is 50.5 Å². The van der Waals surface area contributed by atoms with Crippen LogP contribution >= 0.6 is 0 Å². The van der Waals surface area contributed by atoms with Gasteiger partial charge in [0.15, 0.2) is 0 Å². The molecule has 0 aromatic heterocycles. The molecule has 6 heteroatoms. The molecule has 4 N–H and O–H groups in total. The number of nitrogens with zero attached hydrogens (tertiary/aromatic N) is 1. The second-order valence-electron chi connectivity index (χ2n) is 5.71. The molecule has 1 aromatic rings. The lowest BCUT2D eigenvalue weighted by molar-refractivity contribution is 0.0438. The summed E-state index contributed by atoms with van der Waals surface area (Å²) in [6.07, 6.45) is 2.08. The molecular formula is C15H21N3O3. The van der Waals surface area contributed by atoms with Crippen LogP contribution in [0.3, 0.4) is 0 Å². The maximum atomic E-state index is 12.4. The minimum Gasteiger partial charge on any atom is -0.390 e. The maximum Gasteiger partial charge on any atom is 0.316 e. The standard InChI is InChI=1S/C15H21N3O3/c1-15(21)7-2-9-18(10-8-15)13(19)11-3-5-12(6-4-11)17-14(16)20/h3-6,21H,2,7-10H2,1H3,(H3,16,17,20). The monoisotopic (exact) mass is 291 g/mol. The van der Waals surface area contributed by atoms with Gasteiger partial charge in [0.1, 0.15) is 0 Å². The molecule has 1 fully saturated rings. The number of carbonyl (C=O) groups excluding carboxylic acids is 2. The number of benzene rings is 1. The molecule has 0 spiro atoms. The van der Waals surface area contributed by atoms with Crippen molar-refractivity contribution in [2.24, 2.45) is 5.73 Å². The van der Waals surface area contributed by atoms with Crippen LogP contribution in [-0.2, 0) is 0 Å². The van der Waals surface area contributed by atoms with Gasteiger partial charge >= 0.3 is 6.03 Å². The van der Waals surface area contributed by atoms with Gasteiger partial charge in [-0.25, -0.2) is 4.79 Å². The third kappa shape index (κ3) is 4.19. The normalized spacial score (nSPS) is 22.5. The van der Waals surface area contributed by atoms with Crippen molar-refractivity contribution >= 4 is 17.6 Å². The lowest BCUT2D eigenvalue weighted by atomic mass is 9.98. The summed E-state index contributed by atoms with van der Waals surface area (Å²) in [6.45, 7) is 3.01. The molecular weight excluding hydrogens is 270 g/mol. The van der Waals surface area contributed by atoms with E-state index in [1.807, 2.05) is 6.92 Å². The van der Waals surface area contributed by atoms with Gasteiger partial charge in [0.25, 0.3) is 5.91 Å². The third-order valence-corrected chi connectivity index (χ3v) is 3.75. The second-order valence-corrected chi connectivity index (χ2v) is 5.71. The number of urea groups is 1. The number of amides is 3. The van der Waals surface area contributed by atoms with Gasteiger partial charge < -0.3 is 21.1 Å². The molecule has 0 bridgehead atoms. The minimum atomic E-state index is -0.690. The summed E-state index contributed by atoms with van der Waals surface area (Å²) in [5.41, 5.74) is 5.46. The summed E-state index contributed by atoms with van der Waals surface area (Å²) in [4.78, 5) is 24.9. The first-order chi connectivity index (χ1) is 9.87. The molecule has 2 rings (SSSR count). The Hall–Kier alpha value is -2.08. The SMILES string of the molecule is CC1(O)CCCN(C(=O)c2ccc(NC(N)=O)cc2)CC1. The van der Waals surface area contributed by atoms with Crippen LogP contribution in [0, 0.1) is 0 Å². The molecule has 1 heterocycles. The van der Waals surface area contributed by atoms with E-state index in [4.69, 9.17) is 5.73 Å². The molecule has 1 unspecified atom stereocenters. The van der Waals surface area contributed by atoms with Gasteiger partial charge in [-0.1, -0.05) is 0 Å². The molecule has 0 radical (unpaired) electrons. The van der Waals surface area contributed by atoms with E-state index in [1.54, 1.807) is 29.2 Å². The van der Waals surface area contributed by atoms with Gasteiger partial charge in [0.2, 0.25) is 0 Å². The van der Waals surface area contributed by atoms with Crippen LogP contribution in [-0.4, -0.2) is 40.6 Å². The average molecular weight is 291 g/mol. The van der Waals surface area contributed by atoms with Crippen LogP contribution in [0.15, 0.2) is 24.3 Å². The first kappa shape index (κ1) is 15.3. The highest BCUT2D eigenvalue weighted by Crippen LogP contribution is 2.22. The molecule has 114 valence electrons. The fourth-order valence-corrected chi connectivity index (χ4v) is 2.49. The van der Waals surface area contributed by atoms with E-state index >= 15 is 0 Å². The lowest BCUT2D eigenvalue weighted by Crippen LogP contribution is -2.33. The van der Waals surface area contributed by atoms with E-state index in [9.17, 15) is 14.7 Å². The van der Waals surface area contributed by atoms with E-state index < -0.39 is 11.6 Å². The topological polar surface area (TPSA) is 95.7 Å². The average Bonchev–Trinajstić information content (AvgIpc) is 2.59. The van der Waals surface area contributed by atoms with Crippen molar-refractivity contribution in [1.29, 1.82) is 0 Å². The second kappa shape index (κ2) is 6.13. The van der Waals surface area contributed by atoms with E-state index in [1.165, 1.54) is 0 Å². The van der Waals surface area contributed by atoms with Crippen molar-refractivity contribution in [2.45, 2.75) is 31.8 Å². The van der Waals surface area contributed by atoms with Gasteiger partial charge in [0.05, 0.1) is 5.60 Å². The first-order valence-corrected chi connectivity index (χ1v) is 7.06. The van der Waals surface area contributed by atoms with Crippen LogP contribution in [0.4, 0.5) is 10.5 Å². The Morgan fingerprint density at radius 1 is 1.24 bits per heavy atom. The van der Waals surface area contributed by atoms with Crippen molar-refractivity contribution in [3.05, 3.63) is 29.8 Å². The summed E-state index contributed by atoms with van der Waals surface area (Å²) in [7, 11) is 0. The largest absolute Gasteiger partial charge is 0.390 e. The Bertz CT molecular complexity index is 525. The predicted octanol–water partition coefficient (Wildman–Crippen LogP) is 1.55. The quantitative estimate of drug-likeness (QED) is 0.771. The molecule has 1 aromatic carbocycles. The number of hydrogen-bond acceptors (Lipinski definition) is 3. The Morgan fingerprint density at radius 2 is 1.90 bits per heavy atom. The Kier molecular flexibility index (Phi) is 4.47. The van der Waals surface area contributed by atoms with Crippen molar-refractivity contribution in [1.82, 2.24) is 4.90 Å². The number of nitrogens with one attached hydrogen (secondary N) is 1. The van der Waals surface area contributed by atoms with Crippen molar-refractivity contribution in [3.63, 3.8) is 0 Å². The van der Waals surface area contributed by atoms with E-state index in [-0.39, 0.29) is 5.91 Å². The molecule has 1 aliphatic rings. The highest BCUT2D eigenvalue weighted by molar-refractivity contribution is 5.95. The van der Waals surface area contributed by atoms with Gasteiger partial charge in [-0.3, -0.25) is 4.79 Å². The first-order valence-electron chi connectivity index (χ1n) is 7.06. The van der Waals surface area contributed by atoms with E-state index in [0.717, 1.165) is 6.42 Å². The fraction of sp³-hybridized carbons (Fsp3) is 0.467. The molecule has 21 heavy (non-hydrogen) atoms. The number of likely N-dealkylation sites (tertiary alicyclic amines) is 1. The fourth-order valence-electron chi connectivity index (χ4n) is 2.49. The molecule has 1 atom stereocenters. The zero-order valence-corrected chi connectivity index (χ0v) is 12.1. The van der Waals surface area contributed by atoms with E-state index in [2.05, 4.69) is 5.32 Å². The van der Waals surface area contributed by atoms with Crippen molar-refractivity contribution < 1.29 is 14.7 Å². The highest BCUT2D eigenvalue weighted by atomic mass is 16.3. The van der Waals surface area contributed by atoms with Crippen LogP contribution in [0.2, 0.25) is 0 Å². The number of primary amides is 1. The summed E-state index contributed by atoms with van der Waals surface area (Å²) in [5.74, 6) is -0.0571. The number of nitrogens with two attached hydrogens (primary N) is 1. The zero-order valence-electron chi connectivity index (χ0n) is 12.1. The molecule has 0 saturated carbocycles. The highest BCUT2D eigenvalue weighted by Gasteiger charge is 2.27. The van der Waals surface area contributed by atoms with Crippen molar-refractivity contribution in [2.75, 3.05) is 18.4 Å². The summed E-state index contributed by atoms with van der Waals surface area (Å²) >= 11 is 0. The predicted molar refractivity (Wildman–Crippen MR) is 80.0 cm³/mol. The van der Waals surface area contributed by atoms with Gasteiger partial charge in [0, 0.05) is 24.3 Å².